The Hall–Kier alpha value is -2.33. The lowest BCUT2D eigenvalue weighted by Gasteiger charge is -2.30. The second-order valence-corrected chi connectivity index (χ2v) is 9.24. The van der Waals surface area contributed by atoms with Gasteiger partial charge >= 0.3 is 0 Å². The number of piperidine rings is 1. The fourth-order valence-corrected chi connectivity index (χ4v) is 5.13. The number of hydrogen-bond acceptors (Lipinski definition) is 2. The van der Waals surface area contributed by atoms with E-state index in [-0.39, 0.29) is 0 Å². The van der Waals surface area contributed by atoms with Crippen LogP contribution in [0.5, 0.6) is 0 Å². The number of halogens is 2. The second-order valence-electron chi connectivity index (χ2n) is 8.40. The molecule has 3 nitrogen and oxygen atoms in total. The highest BCUT2D eigenvalue weighted by Crippen LogP contribution is 2.39. The van der Waals surface area contributed by atoms with E-state index in [1.54, 1.807) is 0 Å². The number of hydrogen-bond donors (Lipinski definition) is 1. The maximum absolute atomic E-state index is 6.73. The van der Waals surface area contributed by atoms with E-state index in [4.69, 9.17) is 23.2 Å². The molecule has 0 amide bonds. The minimum Gasteiger partial charge on any atom is -0.344 e. The fraction of sp³-hybridized carbons (Fsp3) is 0.269. The number of pyridine rings is 1. The van der Waals surface area contributed by atoms with Crippen LogP contribution in [0.15, 0.2) is 67.1 Å². The summed E-state index contributed by atoms with van der Waals surface area (Å²) < 4.78 is 2.41. The Labute approximate surface area is 193 Å². The van der Waals surface area contributed by atoms with Crippen molar-refractivity contribution in [1.82, 2.24) is 14.9 Å². The minimum atomic E-state index is 0.384. The van der Waals surface area contributed by atoms with Gasteiger partial charge in [-0.15, -0.1) is 0 Å². The average Bonchev–Trinajstić information content (AvgIpc) is 3.21. The van der Waals surface area contributed by atoms with Gasteiger partial charge in [-0.3, -0.25) is 4.98 Å². The largest absolute Gasteiger partial charge is 0.344 e. The summed E-state index contributed by atoms with van der Waals surface area (Å²) in [5.74, 6) is 0.606. The molecule has 0 spiro atoms. The quantitative estimate of drug-likeness (QED) is 0.355. The summed E-state index contributed by atoms with van der Waals surface area (Å²) in [7, 11) is 0. The maximum Gasteiger partial charge on any atom is 0.0506 e. The van der Waals surface area contributed by atoms with Gasteiger partial charge in [-0.1, -0.05) is 41.4 Å². The number of nitrogens with one attached hydrogen (secondary N) is 1. The lowest BCUT2D eigenvalue weighted by molar-refractivity contribution is 0.284. The van der Waals surface area contributed by atoms with Crippen molar-refractivity contribution in [2.75, 3.05) is 13.1 Å². The van der Waals surface area contributed by atoms with Crippen molar-refractivity contribution >= 4 is 34.1 Å². The summed E-state index contributed by atoms with van der Waals surface area (Å²) >= 11 is 12.8. The van der Waals surface area contributed by atoms with Gasteiger partial charge in [0.1, 0.15) is 0 Å². The first kappa shape index (κ1) is 20.6. The van der Waals surface area contributed by atoms with Crippen LogP contribution in [0.4, 0.5) is 0 Å². The highest BCUT2D eigenvalue weighted by molar-refractivity contribution is 6.36. The van der Waals surface area contributed by atoms with Gasteiger partial charge in [0.25, 0.3) is 0 Å². The van der Waals surface area contributed by atoms with Gasteiger partial charge in [0, 0.05) is 51.7 Å². The van der Waals surface area contributed by atoms with Crippen molar-refractivity contribution in [2.24, 2.45) is 5.92 Å². The molecule has 2 atom stereocenters. The van der Waals surface area contributed by atoms with E-state index < -0.39 is 0 Å². The van der Waals surface area contributed by atoms with Gasteiger partial charge in [0.15, 0.2) is 0 Å². The molecular weight excluding hydrogens is 425 g/mol. The van der Waals surface area contributed by atoms with E-state index in [1.165, 1.54) is 18.4 Å². The number of nitrogens with zero attached hydrogens (tertiary/aromatic N) is 2. The SMILES string of the molecule is CC(C1CCCNC1)n1cc(-c2cncc(-c3ccc(Cl)cc3)c2)c2c(Cl)cccc21. The first-order chi connectivity index (χ1) is 15.1. The van der Waals surface area contributed by atoms with Crippen molar-refractivity contribution in [3.05, 3.63) is 77.2 Å². The van der Waals surface area contributed by atoms with Crippen LogP contribution in [0.25, 0.3) is 33.2 Å². The first-order valence-corrected chi connectivity index (χ1v) is 11.6. The topological polar surface area (TPSA) is 29.9 Å². The van der Waals surface area contributed by atoms with E-state index in [1.807, 2.05) is 48.8 Å². The summed E-state index contributed by atoms with van der Waals surface area (Å²) in [5, 5.41) is 6.15. The van der Waals surface area contributed by atoms with Gasteiger partial charge < -0.3 is 9.88 Å². The summed E-state index contributed by atoms with van der Waals surface area (Å²) in [6.07, 6.45) is 8.56. The zero-order valence-corrected chi connectivity index (χ0v) is 19.0. The van der Waals surface area contributed by atoms with E-state index >= 15 is 0 Å². The van der Waals surface area contributed by atoms with Crippen LogP contribution >= 0.6 is 23.2 Å². The Balaban J connectivity index is 1.62. The zero-order chi connectivity index (χ0) is 21.4. The lowest BCUT2D eigenvalue weighted by atomic mass is 9.92. The van der Waals surface area contributed by atoms with Crippen molar-refractivity contribution in [3.8, 4) is 22.3 Å². The third-order valence-corrected chi connectivity index (χ3v) is 7.06. The van der Waals surface area contributed by atoms with Crippen LogP contribution in [0, 0.1) is 5.92 Å². The molecule has 158 valence electrons. The molecule has 0 bridgehead atoms. The molecule has 2 unspecified atom stereocenters. The van der Waals surface area contributed by atoms with E-state index in [2.05, 4.69) is 40.1 Å². The molecule has 5 rings (SSSR count). The fourth-order valence-electron chi connectivity index (χ4n) is 4.73. The number of fused-ring (bicyclic) bond motifs is 1. The molecule has 0 aliphatic carbocycles. The Kier molecular flexibility index (Phi) is 5.75. The van der Waals surface area contributed by atoms with Crippen LogP contribution in [-0.4, -0.2) is 22.6 Å². The van der Waals surface area contributed by atoms with Crippen molar-refractivity contribution in [1.29, 1.82) is 0 Å². The molecule has 0 saturated carbocycles. The smallest absolute Gasteiger partial charge is 0.0506 e. The first-order valence-electron chi connectivity index (χ1n) is 10.8. The van der Waals surface area contributed by atoms with Gasteiger partial charge in [-0.05, 0) is 74.7 Å². The van der Waals surface area contributed by atoms with Crippen LogP contribution in [0.2, 0.25) is 10.0 Å². The molecule has 2 aromatic carbocycles. The predicted octanol–water partition coefficient (Wildman–Crippen LogP) is 7.24. The average molecular weight is 450 g/mol. The molecule has 1 saturated heterocycles. The van der Waals surface area contributed by atoms with E-state index in [0.29, 0.717) is 12.0 Å². The van der Waals surface area contributed by atoms with Gasteiger partial charge in [0.2, 0.25) is 0 Å². The summed E-state index contributed by atoms with van der Waals surface area (Å²) in [5.41, 5.74) is 5.53. The zero-order valence-electron chi connectivity index (χ0n) is 17.5. The number of rotatable bonds is 4. The Bertz CT molecular complexity index is 1210. The summed E-state index contributed by atoms with van der Waals surface area (Å²) in [4.78, 5) is 4.54. The molecule has 0 radical (unpaired) electrons. The van der Waals surface area contributed by atoms with Crippen LogP contribution < -0.4 is 5.32 Å². The van der Waals surface area contributed by atoms with Gasteiger partial charge in [-0.2, -0.15) is 0 Å². The van der Waals surface area contributed by atoms with Crippen molar-refractivity contribution in [3.63, 3.8) is 0 Å². The monoisotopic (exact) mass is 449 g/mol. The molecule has 1 N–H and O–H groups in total. The van der Waals surface area contributed by atoms with Crippen LogP contribution in [0.3, 0.4) is 0 Å². The lowest BCUT2D eigenvalue weighted by Crippen LogP contribution is -2.34. The third kappa shape index (κ3) is 3.98. The highest BCUT2D eigenvalue weighted by Gasteiger charge is 2.24. The van der Waals surface area contributed by atoms with Crippen LogP contribution in [-0.2, 0) is 0 Å². The third-order valence-electron chi connectivity index (χ3n) is 6.49. The summed E-state index contributed by atoms with van der Waals surface area (Å²) in [6, 6.07) is 16.6. The Morgan fingerprint density at radius 1 is 1.03 bits per heavy atom. The summed E-state index contributed by atoms with van der Waals surface area (Å²) in [6.45, 7) is 4.50. The number of aromatic nitrogens is 2. The molecule has 31 heavy (non-hydrogen) atoms. The molecular formula is C26H25Cl2N3. The molecule has 3 heterocycles. The minimum absolute atomic E-state index is 0.384. The van der Waals surface area contributed by atoms with Gasteiger partial charge in [-0.25, -0.2) is 0 Å². The van der Waals surface area contributed by atoms with Crippen molar-refractivity contribution < 1.29 is 0 Å². The molecule has 1 fully saturated rings. The molecule has 1 aliphatic heterocycles. The maximum atomic E-state index is 6.73. The van der Waals surface area contributed by atoms with Crippen LogP contribution in [0.1, 0.15) is 25.8 Å². The Morgan fingerprint density at radius 3 is 2.61 bits per heavy atom. The normalized spacial score (nSPS) is 17.7. The number of benzene rings is 2. The Morgan fingerprint density at radius 2 is 1.84 bits per heavy atom. The highest BCUT2D eigenvalue weighted by atomic mass is 35.5. The molecule has 2 aromatic heterocycles. The van der Waals surface area contributed by atoms with Gasteiger partial charge in [0.05, 0.1) is 10.5 Å². The van der Waals surface area contributed by atoms with E-state index in [9.17, 15) is 0 Å². The predicted molar refractivity (Wildman–Crippen MR) is 131 cm³/mol. The van der Waals surface area contributed by atoms with Crippen molar-refractivity contribution in [2.45, 2.75) is 25.8 Å². The molecule has 4 aromatic rings. The standard InChI is InChI=1S/C26H25Cl2N3/c1-17(19-4-3-11-29-13-19)31-16-23(26-24(28)5-2-6-25(26)31)21-12-20(14-30-15-21)18-7-9-22(27)10-8-18/h2,5-10,12,14-17,19,29H,3-4,11,13H2,1H3. The molecule has 1 aliphatic rings. The second kappa shape index (κ2) is 8.66. The van der Waals surface area contributed by atoms with E-state index in [0.717, 1.165) is 50.8 Å². The molecule has 5 heteroatoms.